The minimum Gasteiger partial charge on any atom is -0.379 e. The topological polar surface area (TPSA) is 132 Å². The Morgan fingerprint density at radius 3 is 2.75 bits per heavy atom. The van der Waals surface area contributed by atoms with Crippen LogP contribution in [-0.4, -0.2) is 63.2 Å². The van der Waals surface area contributed by atoms with Crippen LogP contribution in [0, 0.1) is 5.82 Å². The van der Waals surface area contributed by atoms with E-state index in [-0.39, 0.29) is 23.8 Å². The summed E-state index contributed by atoms with van der Waals surface area (Å²) in [5.41, 5.74) is 5.22. The summed E-state index contributed by atoms with van der Waals surface area (Å²) < 4.78 is 21.5. The van der Waals surface area contributed by atoms with Gasteiger partial charge in [0.2, 0.25) is 11.8 Å². The molecule has 1 saturated heterocycles. The zero-order valence-corrected chi connectivity index (χ0v) is 20.2. The molecule has 0 unspecified atom stereocenters. The van der Waals surface area contributed by atoms with Crippen LogP contribution in [0.15, 0.2) is 36.5 Å². The predicted octanol–water partition coefficient (Wildman–Crippen LogP) is 1.74. The molecule has 0 radical (unpaired) electrons. The number of amides is 3. The van der Waals surface area contributed by atoms with E-state index < -0.39 is 41.2 Å². The molecule has 0 spiro atoms. The number of aromatic nitrogens is 3. The smallest absolute Gasteiger partial charge is 0.269 e. The third-order valence-corrected chi connectivity index (χ3v) is 7.13. The Kier molecular flexibility index (Phi) is 6.13. The fourth-order valence-corrected chi connectivity index (χ4v) is 5.07. The van der Waals surface area contributed by atoms with Crippen molar-refractivity contribution in [1.82, 2.24) is 25.0 Å². The molecular formula is C24H24ClFN6O4. The lowest BCUT2D eigenvalue weighted by molar-refractivity contribution is -0.142. The molecule has 10 nitrogen and oxygen atoms in total. The SMILES string of the molecule is CO[C@@H]1CCN(C(=O)Cn2nc(C(N)=O)c3cccnc32)[C@@H]1C(=O)NC1(c2cccc(Cl)c2F)CC1. The molecule has 5 rings (SSSR count). The quantitative estimate of drug-likeness (QED) is 0.493. The summed E-state index contributed by atoms with van der Waals surface area (Å²) in [5.74, 6) is -2.15. The van der Waals surface area contributed by atoms with Crippen LogP contribution in [0.4, 0.5) is 4.39 Å². The second-order valence-electron chi connectivity index (χ2n) is 9.01. The molecule has 188 valence electrons. The van der Waals surface area contributed by atoms with E-state index in [9.17, 15) is 18.8 Å². The van der Waals surface area contributed by atoms with Crippen molar-refractivity contribution >= 4 is 40.4 Å². The van der Waals surface area contributed by atoms with Gasteiger partial charge in [0, 0.05) is 25.4 Å². The third kappa shape index (κ3) is 4.07. The minimum atomic E-state index is -0.924. The van der Waals surface area contributed by atoms with Gasteiger partial charge in [-0.1, -0.05) is 23.7 Å². The Hall–Kier alpha value is -3.57. The summed E-state index contributed by atoms with van der Waals surface area (Å²) in [4.78, 5) is 44.3. The van der Waals surface area contributed by atoms with Crippen molar-refractivity contribution in [1.29, 1.82) is 0 Å². The molecule has 3 heterocycles. The van der Waals surface area contributed by atoms with Crippen LogP contribution in [0.2, 0.25) is 5.02 Å². The number of hydrogen-bond donors (Lipinski definition) is 2. The minimum absolute atomic E-state index is 0.00982. The van der Waals surface area contributed by atoms with Crippen molar-refractivity contribution in [2.75, 3.05) is 13.7 Å². The molecule has 1 aromatic carbocycles. The molecule has 3 amide bonds. The monoisotopic (exact) mass is 514 g/mol. The van der Waals surface area contributed by atoms with Crippen LogP contribution < -0.4 is 11.1 Å². The van der Waals surface area contributed by atoms with Crippen LogP contribution in [-0.2, 0) is 26.4 Å². The van der Waals surface area contributed by atoms with Crippen molar-refractivity contribution in [2.45, 2.75) is 43.5 Å². The van der Waals surface area contributed by atoms with Crippen molar-refractivity contribution in [3.05, 3.63) is 58.6 Å². The fraction of sp³-hybridized carbons (Fsp3) is 0.375. The molecule has 2 aliphatic rings. The van der Waals surface area contributed by atoms with Crippen LogP contribution in [0.3, 0.4) is 0 Å². The summed E-state index contributed by atoms with van der Waals surface area (Å²) in [5, 5.41) is 7.55. The number of carbonyl (C=O) groups excluding carboxylic acids is 3. The number of benzene rings is 1. The largest absolute Gasteiger partial charge is 0.379 e. The van der Waals surface area contributed by atoms with Crippen molar-refractivity contribution in [3.8, 4) is 0 Å². The number of carbonyl (C=O) groups is 3. The van der Waals surface area contributed by atoms with Gasteiger partial charge in [-0.25, -0.2) is 14.1 Å². The molecule has 1 aliphatic heterocycles. The highest BCUT2D eigenvalue weighted by Gasteiger charge is 2.51. The number of fused-ring (bicyclic) bond motifs is 1. The highest BCUT2D eigenvalue weighted by Crippen LogP contribution is 2.47. The van der Waals surface area contributed by atoms with E-state index in [1.165, 1.54) is 29.0 Å². The van der Waals surface area contributed by atoms with E-state index in [4.69, 9.17) is 22.1 Å². The van der Waals surface area contributed by atoms with Gasteiger partial charge in [0.25, 0.3) is 5.91 Å². The maximum Gasteiger partial charge on any atom is 0.269 e. The number of pyridine rings is 1. The number of methoxy groups -OCH3 is 1. The number of nitrogens with two attached hydrogens (primary N) is 1. The van der Waals surface area contributed by atoms with Gasteiger partial charge in [0.05, 0.1) is 22.1 Å². The lowest BCUT2D eigenvalue weighted by Crippen LogP contribution is -2.53. The first-order valence-corrected chi connectivity index (χ1v) is 11.8. The van der Waals surface area contributed by atoms with Gasteiger partial charge in [0.15, 0.2) is 11.3 Å². The molecule has 0 bridgehead atoms. The normalized spacial score (nSPS) is 20.5. The number of nitrogens with zero attached hydrogens (tertiary/aromatic N) is 4. The van der Waals surface area contributed by atoms with E-state index in [0.29, 0.717) is 35.9 Å². The first-order chi connectivity index (χ1) is 17.3. The van der Waals surface area contributed by atoms with Gasteiger partial charge in [-0.05, 0) is 37.5 Å². The fourth-order valence-electron chi connectivity index (χ4n) is 4.89. The molecule has 1 aliphatic carbocycles. The van der Waals surface area contributed by atoms with E-state index in [2.05, 4.69) is 15.4 Å². The van der Waals surface area contributed by atoms with Crippen molar-refractivity contribution in [2.24, 2.45) is 5.73 Å². The number of halogens is 2. The summed E-state index contributed by atoms with van der Waals surface area (Å²) in [6, 6.07) is 7.06. The zero-order valence-electron chi connectivity index (χ0n) is 19.4. The van der Waals surface area contributed by atoms with Crippen molar-refractivity contribution < 1.29 is 23.5 Å². The predicted molar refractivity (Wildman–Crippen MR) is 127 cm³/mol. The molecule has 1 saturated carbocycles. The third-order valence-electron chi connectivity index (χ3n) is 6.84. The summed E-state index contributed by atoms with van der Waals surface area (Å²) in [6.07, 6.45) is 2.53. The molecule has 36 heavy (non-hydrogen) atoms. The standard InChI is InChI=1S/C24H24ClFN6O4/c1-36-16-7-11-31(17(33)12-32-22-13(4-3-10-28-22)19(30-32)21(27)34)20(16)23(35)29-24(8-9-24)14-5-2-6-15(25)18(14)26/h2-6,10,16,20H,7-9,11-12H2,1H3,(H2,27,34)(H,29,35)/t16-,20+/m1/s1. The Balaban J connectivity index is 1.39. The molecule has 2 fully saturated rings. The van der Waals surface area contributed by atoms with Gasteiger partial charge in [0.1, 0.15) is 18.4 Å². The van der Waals surface area contributed by atoms with Crippen molar-refractivity contribution in [3.63, 3.8) is 0 Å². The number of rotatable bonds is 7. The van der Waals surface area contributed by atoms with Crippen LogP contribution in [0.25, 0.3) is 11.0 Å². The van der Waals surface area contributed by atoms with Gasteiger partial charge >= 0.3 is 0 Å². The Morgan fingerprint density at radius 1 is 1.28 bits per heavy atom. The second kappa shape index (κ2) is 9.14. The molecule has 2 aromatic heterocycles. The first-order valence-electron chi connectivity index (χ1n) is 11.5. The summed E-state index contributed by atoms with van der Waals surface area (Å²) in [6.45, 7) is 0.0261. The maximum absolute atomic E-state index is 14.7. The molecule has 12 heteroatoms. The number of primary amides is 1. The van der Waals surface area contributed by atoms with E-state index in [0.717, 1.165) is 0 Å². The molecule has 3 N–H and O–H groups in total. The van der Waals surface area contributed by atoms with Gasteiger partial charge in [-0.2, -0.15) is 5.10 Å². The molecule has 3 aromatic rings. The maximum atomic E-state index is 14.7. The zero-order chi connectivity index (χ0) is 25.6. The van der Waals surface area contributed by atoms with Crippen LogP contribution in [0.5, 0.6) is 0 Å². The highest BCUT2D eigenvalue weighted by atomic mass is 35.5. The highest BCUT2D eigenvalue weighted by molar-refractivity contribution is 6.30. The molecule has 2 atom stereocenters. The second-order valence-corrected chi connectivity index (χ2v) is 9.42. The summed E-state index contributed by atoms with van der Waals surface area (Å²) >= 11 is 5.96. The van der Waals surface area contributed by atoms with E-state index in [1.54, 1.807) is 24.3 Å². The van der Waals surface area contributed by atoms with Gasteiger partial charge < -0.3 is 20.7 Å². The van der Waals surface area contributed by atoms with Crippen LogP contribution >= 0.6 is 11.6 Å². The van der Waals surface area contributed by atoms with E-state index >= 15 is 0 Å². The number of likely N-dealkylation sites (tertiary alicyclic amines) is 1. The van der Waals surface area contributed by atoms with Crippen LogP contribution in [0.1, 0.15) is 35.3 Å². The average molecular weight is 515 g/mol. The Bertz CT molecular complexity index is 1370. The van der Waals surface area contributed by atoms with Gasteiger partial charge in [-0.3, -0.25) is 14.4 Å². The van der Waals surface area contributed by atoms with E-state index in [1.807, 2.05) is 0 Å². The lowest BCUT2D eigenvalue weighted by Gasteiger charge is -2.29. The first kappa shape index (κ1) is 24.1. The summed E-state index contributed by atoms with van der Waals surface area (Å²) in [7, 11) is 1.48. The molecular weight excluding hydrogens is 491 g/mol. The van der Waals surface area contributed by atoms with Gasteiger partial charge in [-0.15, -0.1) is 0 Å². The lowest BCUT2D eigenvalue weighted by atomic mass is 10.0. The average Bonchev–Trinajstić information content (AvgIpc) is 3.34. The number of hydrogen-bond acceptors (Lipinski definition) is 6. The number of ether oxygens (including phenoxy) is 1. The number of nitrogens with one attached hydrogen (secondary N) is 1. The Morgan fingerprint density at radius 2 is 2.06 bits per heavy atom. The Labute approximate surface area is 210 Å².